The number of amides is 3. The van der Waals surface area contributed by atoms with E-state index in [9.17, 15) is 27.9 Å². The van der Waals surface area contributed by atoms with Crippen molar-refractivity contribution >= 4 is 33.4 Å². The predicted molar refractivity (Wildman–Crippen MR) is 202 cm³/mol. The lowest BCUT2D eigenvalue weighted by Gasteiger charge is -2.34. The van der Waals surface area contributed by atoms with Crippen LogP contribution in [0.25, 0.3) is 0 Å². The lowest BCUT2D eigenvalue weighted by atomic mass is 9.85. The zero-order valence-corrected chi connectivity index (χ0v) is 31.6. The van der Waals surface area contributed by atoms with Crippen LogP contribution in [0.4, 0.5) is 5.69 Å². The standard InChI is InChI=1S/C39H51N5O8S/c1-26(2)23-44(53(49,50)35-25-51-34(52-35)20-28-15-10-7-11-16-28)24-32(45)31(19-27-13-8-6-9-14-27)42-38(48)36(39(3,4)5)43-33(46)22-41-37(47)29-17-12-18-30(40)21-29/h6-18,21,25-26,31-32,34,36,45H,19-20,22-24,40H2,1-5H3,(H,41,47)(H,42,48)(H,43,46). The molecule has 14 heteroatoms. The summed E-state index contributed by atoms with van der Waals surface area (Å²) < 4.78 is 40.4. The second kappa shape index (κ2) is 18.2. The van der Waals surface area contributed by atoms with Crippen molar-refractivity contribution in [2.75, 3.05) is 25.4 Å². The largest absolute Gasteiger partial charge is 0.457 e. The molecule has 0 aromatic heterocycles. The lowest BCUT2D eigenvalue weighted by Crippen LogP contribution is -2.59. The number of carbonyl (C=O) groups excluding carboxylic acids is 3. The van der Waals surface area contributed by atoms with E-state index in [0.717, 1.165) is 21.7 Å². The molecule has 3 aromatic rings. The van der Waals surface area contributed by atoms with Crippen molar-refractivity contribution in [1.82, 2.24) is 20.3 Å². The second-order valence-electron chi connectivity index (χ2n) is 14.6. The molecule has 0 bridgehead atoms. The molecule has 1 aliphatic rings. The molecule has 13 nitrogen and oxygen atoms in total. The summed E-state index contributed by atoms with van der Waals surface area (Å²) in [5.74, 6) is -1.83. The van der Waals surface area contributed by atoms with Gasteiger partial charge >= 0.3 is 0 Å². The molecule has 0 spiro atoms. The number of benzene rings is 3. The maximum absolute atomic E-state index is 14.0. The summed E-state index contributed by atoms with van der Waals surface area (Å²) in [6.45, 7) is 8.29. The average Bonchev–Trinajstić information content (AvgIpc) is 3.58. The minimum Gasteiger partial charge on any atom is -0.457 e. The van der Waals surface area contributed by atoms with E-state index in [1.54, 1.807) is 39.0 Å². The quantitative estimate of drug-likeness (QED) is 0.129. The number of ether oxygens (including phenoxy) is 2. The number of anilines is 1. The molecule has 0 saturated carbocycles. The van der Waals surface area contributed by atoms with Crippen LogP contribution in [-0.2, 0) is 41.9 Å². The third-order valence-electron chi connectivity index (χ3n) is 8.44. The zero-order chi connectivity index (χ0) is 38.8. The Morgan fingerprint density at radius 2 is 1.55 bits per heavy atom. The number of hydrogen-bond donors (Lipinski definition) is 5. The molecule has 4 atom stereocenters. The van der Waals surface area contributed by atoms with Crippen LogP contribution >= 0.6 is 0 Å². The van der Waals surface area contributed by atoms with E-state index in [1.165, 1.54) is 6.07 Å². The van der Waals surface area contributed by atoms with Gasteiger partial charge in [0.2, 0.25) is 18.1 Å². The molecule has 6 N–H and O–H groups in total. The van der Waals surface area contributed by atoms with Crippen LogP contribution in [0, 0.1) is 11.3 Å². The Morgan fingerprint density at radius 1 is 0.906 bits per heavy atom. The Kier molecular flexibility index (Phi) is 14.0. The summed E-state index contributed by atoms with van der Waals surface area (Å²) in [5, 5.41) is 19.5. The molecule has 1 aliphatic heterocycles. The minimum absolute atomic E-state index is 0.0530. The molecular weight excluding hydrogens is 699 g/mol. The number of carbonyl (C=O) groups is 3. The number of nitrogens with two attached hydrogens (primary N) is 1. The average molecular weight is 750 g/mol. The maximum Gasteiger partial charge on any atom is 0.279 e. The smallest absolute Gasteiger partial charge is 0.279 e. The molecule has 53 heavy (non-hydrogen) atoms. The van der Waals surface area contributed by atoms with Gasteiger partial charge < -0.3 is 36.3 Å². The Balaban J connectivity index is 1.49. The summed E-state index contributed by atoms with van der Waals surface area (Å²) in [6, 6.07) is 22.8. The fourth-order valence-corrected chi connectivity index (χ4v) is 7.23. The van der Waals surface area contributed by atoms with Gasteiger partial charge in [0.15, 0.2) is 0 Å². The topological polar surface area (TPSA) is 189 Å². The van der Waals surface area contributed by atoms with Crippen LogP contribution in [-0.4, -0.2) is 79.7 Å². The first-order chi connectivity index (χ1) is 25.0. The van der Waals surface area contributed by atoms with E-state index in [0.29, 0.717) is 12.1 Å². The van der Waals surface area contributed by atoms with E-state index in [2.05, 4.69) is 16.0 Å². The molecule has 4 unspecified atom stereocenters. The molecule has 3 aromatic carbocycles. The van der Waals surface area contributed by atoms with Gasteiger partial charge in [-0.05, 0) is 47.1 Å². The van der Waals surface area contributed by atoms with Gasteiger partial charge in [0.1, 0.15) is 12.3 Å². The van der Waals surface area contributed by atoms with Gasteiger partial charge in [-0.3, -0.25) is 14.4 Å². The Morgan fingerprint density at radius 3 is 2.15 bits per heavy atom. The maximum atomic E-state index is 14.0. The SMILES string of the molecule is CC(C)CN(CC(O)C(Cc1ccccc1)NC(=O)C(NC(=O)CNC(=O)c1cccc(N)c1)C(C)(C)C)S(=O)(=O)C1=COC(Cc2ccccc2)O1. The van der Waals surface area contributed by atoms with Crippen LogP contribution < -0.4 is 21.7 Å². The molecule has 0 radical (unpaired) electrons. The molecule has 0 saturated heterocycles. The molecule has 1 heterocycles. The summed E-state index contributed by atoms with van der Waals surface area (Å²) in [7, 11) is -4.27. The number of hydrogen-bond acceptors (Lipinski definition) is 9. The monoisotopic (exact) mass is 749 g/mol. The first kappa shape index (κ1) is 40.8. The van der Waals surface area contributed by atoms with Crippen LogP contribution in [0.1, 0.15) is 56.1 Å². The molecule has 3 amide bonds. The van der Waals surface area contributed by atoms with E-state index in [-0.39, 0.29) is 36.1 Å². The molecule has 0 fully saturated rings. The number of nitrogens with zero attached hydrogens (tertiary/aromatic N) is 1. The van der Waals surface area contributed by atoms with E-state index in [4.69, 9.17) is 15.2 Å². The Hall–Kier alpha value is -4.92. The van der Waals surface area contributed by atoms with Gasteiger partial charge in [0, 0.05) is 30.8 Å². The summed E-state index contributed by atoms with van der Waals surface area (Å²) >= 11 is 0. The van der Waals surface area contributed by atoms with Gasteiger partial charge in [-0.1, -0.05) is 101 Å². The second-order valence-corrected chi connectivity index (χ2v) is 16.4. The Labute approximate surface area is 312 Å². The van der Waals surface area contributed by atoms with Gasteiger partial charge in [0.25, 0.3) is 21.0 Å². The van der Waals surface area contributed by atoms with Crippen molar-refractivity contribution in [3.8, 4) is 0 Å². The van der Waals surface area contributed by atoms with Crippen molar-refractivity contribution < 1.29 is 37.4 Å². The normalized spacial score (nSPS) is 16.2. The number of rotatable bonds is 17. The summed E-state index contributed by atoms with van der Waals surface area (Å²) in [6.07, 6.45) is -0.654. The van der Waals surface area contributed by atoms with Crippen LogP contribution in [0.2, 0.25) is 0 Å². The van der Waals surface area contributed by atoms with Crippen LogP contribution in [0.3, 0.4) is 0 Å². The lowest BCUT2D eigenvalue weighted by molar-refractivity contribution is -0.132. The third-order valence-corrected chi connectivity index (χ3v) is 10.1. The minimum atomic E-state index is -4.27. The van der Waals surface area contributed by atoms with Crippen molar-refractivity contribution in [1.29, 1.82) is 0 Å². The summed E-state index contributed by atoms with van der Waals surface area (Å²) in [5.41, 5.74) is 7.35. The Bertz CT molecular complexity index is 1830. The molecule has 4 rings (SSSR count). The molecular formula is C39H51N5O8S. The zero-order valence-electron chi connectivity index (χ0n) is 30.8. The number of nitrogen functional groups attached to an aromatic ring is 1. The van der Waals surface area contributed by atoms with Crippen LogP contribution in [0.5, 0.6) is 0 Å². The van der Waals surface area contributed by atoms with Crippen molar-refractivity contribution in [3.05, 3.63) is 113 Å². The number of aliphatic hydroxyl groups is 1. The van der Waals surface area contributed by atoms with Gasteiger partial charge in [-0.15, -0.1) is 0 Å². The number of sulfonamides is 1. The number of aliphatic hydroxyl groups excluding tert-OH is 1. The molecule has 286 valence electrons. The highest BCUT2D eigenvalue weighted by atomic mass is 32.2. The first-order valence-electron chi connectivity index (χ1n) is 17.5. The van der Waals surface area contributed by atoms with Crippen molar-refractivity contribution in [2.45, 2.75) is 71.9 Å². The highest BCUT2D eigenvalue weighted by Gasteiger charge is 2.39. The van der Waals surface area contributed by atoms with Crippen molar-refractivity contribution in [3.63, 3.8) is 0 Å². The molecule has 0 aliphatic carbocycles. The number of nitrogens with one attached hydrogen (secondary N) is 3. The fraction of sp³-hybridized carbons (Fsp3) is 0.410. The highest BCUT2D eigenvalue weighted by Crippen LogP contribution is 2.27. The van der Waals surface area contributed by atoms with E-state index in [1.807, 2.05) is 74.5 Å². The van der Waals surface area contributed by atoms with E-state index >= 15 is 0 Å². The van der Waals surface area contributed by atoms with Gasteiger partial charge in [-0.25, -0.2) is 8.42 Å². The fourth-order valence-electron chi connectivity index (χ4n) is 5.72. The third kappa shape index (κ3) is 12.1. The van der Waals surface area contributed by atoms with Crippen LogP contribution in [0.15, 0.2) is 96.3 Å². The predicted octanol–water partition coefficient (Wildman–Crippen LogP) is 3.32. The van der Waals surface area contributed by atoms with Gasteiger partial charge in [0.05, 0.1) is 18.7 Å². The summed E-state index contributed by atoms with van der Waals surface area (Å²) in [4.78, 5) is 39.6. The van der Waals surface area contributed by atoms with Gasteiger partial charge in [-0.2, -0.15) is 4.31 Å². The highest BCUT2D eigenvalue weighted by molar-refractivity contribution is 7.92. The first-order valence-corrected chi connectivity index (χ1v) is 19.0. The van der Waals surface area contributed by atoms with E-state index < -0.39 is 64.2 Å². The van der Waals surface area contributed by atoms with Crippen molar-refractivity contribution in [2.24, 2.45) is 11.3 Å².